The number of primary amides is 1. The van der Waals surface area contributed by atoms with E-state index in [2.05, 4.69) is 5.10 Å². The lowest BCUT2D eigenvalue weighted by Gasteiger charge is -1.97. The zero-order valence-electron chi connectivity index (χ0n) is 7.68. The van der Waals surface area contributed by atoms with Crippen LogP contribution in [-0.4, -0.2) is 21.6 Å². The van der Waals surface area contributed by atoms with Crippen LogP contribution >= 0.6 is 0 Å². The van der Waals surface area contributed by atoms with E-state index in [1.54, 1.807) is 24.4 Å². The van der Waals surface area contributed by atoms with E-state index >= 15 is 0 Å². The Hall–Kier alpha value is -2.37. The molecule has 0 saturated carbocycles. The molecule has 0 unspecified atom stereocenters. The van der Waals surface area contributed by atoms with Gasteiger partial charge in [-0.2, -0.15) is 5.10 Å². The first-order valence-electron chi connectivity index (χ1n) is 4.21. The second kappa shape index (κ2) is 3.41. The molecule has 0 bridgehead atoms. The fraction of sp³-hybridized carbons (Fsp3) is 0. The molecule has 2 aromatic heterocycles. The number of pyridine rings is 1. The first-order chi connectivity index (χ1) is 7.18. The van der Waals surface area contributed by atoms with Crippen molar-refractivity contribution in [2.24, 2.45) is 5.73 Å². The van der Waals surface area contributed by atoms with Gasteiger partial charge in [0.1, 0.15) is 0 Å². The molecule has 2 aromatic rings. The lowest BCUT2D eigenvalue weighted by molar-refractivity contribution is 0.0968. The molecule has 0 atom stereocenters. The van der Waals surface area contributed by atoms with Crippen LogP contribution < -0.4 is 11.1 Å². The fourth-order valence-electron chi connectivity index (χ4n) is 1.29. The molecule has 3 amide bonds. The molecule has 0 saturated heterocycles. The van der Waals surface area contributed by atoms with Crippen LogP contribution in [0.25, 0.3) is 5.52 Å². The molecule has 2 heterocycles. The van der Waals surface area contributed by atoms with Crippen molar-refractivity contribution in [1.29, 1.82) is 0 Å². The van der Waals surface area contributed by atoms with Crippen molar-refractivity contribution in [2.45, 2.75) is 0 Å². The second-order valence-corrected chi connectivity index (χ2v) is 2.91. The highest BCUT2D eigenvalue weighted by atomic mass is 16.2. The summed E-state index contributed by atoms with van der Waals surface area (Å²) in [5.74, 6) is -0.552. The summed E-state index contributed by atoms with van der Waals surface area (Å²) >= 11 is 0. The van der Waals surface area contributed by atoms with Crippen LogP contribution in [0.3, 0.4) is 0 Å². The van der Waals surface area contributed by atoms with Crippen LogP contribution in [0.5, 0.6) is 0 Å². The smallest absolute Gasteiger partial charge is 0.319 e. The summed E-state index contributed by atoms with van der Waals surface area (Å²) in [7, 11) is 0. The van der Waals surface area contributed by atoms with Crippen molar-refractivity contribution in [2.75, 3.05) is 0 Å². The summed E-state index contributed by atoms with van der Waals surface area (Å²) in [6, 6.07) is 4.41. The quantitative estimate of drug-likeness (QED) is 0.692. The predicted octanol–water partition coefficient (Wildman–Crippen LogP) is 0.143. The maximum Gasteiger partial charge on any atom is 0.319 e. The topological polar surface area (TPSA) is 89.5 Å². The highest BCUT2D eigenvalue weighted by molar-refractivity contribution is 6.07. The number of carbonyl (C=O) groups is 2. The van der Waals surface area contributed by atoms with E-state index in [4.69, 9.17) is 5.73 Å². The van der Waals surface area contributed by atoms with Gasteiger partial charge in [-0.05, 0) is 12.1 Å². The van der Waals surface area contributed by atoms with Gasteiger partial charge in [0.25, 0.3) is 5.91 Å². The number of nitrogens with one attached hydrogen (secondary N) is 1. The number of carbonyl (C=O) groups excluding carboxylic acids is 2. The van der Waals surface area contributed by atoms with Crippen molar-refractivity contribution in [1.82, 2.24) is 14.9 Å². The number of amides is 3. The average Bonchev–Trinajstić information content (AvgIpc) is 2.59. The van der Waals surface area contributed by atoms with Crippen molar-refractivity contribution < 1.29 is 9.59 Å². The Kier molecular flexibility index (Phi) is 2.09. The number of aromatic nitrogens is 2. The van der Waals surface area contributed by atoms with E-state index in [0.717, 1.165) is 0 Å². The molecule has 3 N–H and O–H groups in total. The molecule has 0 aliphatic heterocycles. The monoisotopic (exact) mass is 204 g/mol. The molecule has 76 valence electrons. The fourth-order valence-corrected chi connectivity index (χ4v) is 1.29. The van der Waals surface area contributed by atoms with E-state index in [1.807, 2.05) is 5.32 Å². The Morgan fingerprint density at radius 2 is 2.20 bits per heavy atom. The molecule has 0 aliphatic carbocycles. The Balaban J connectivity index is 2.44. The summed E-state index contributed by atoms with van der Waals surface area (Å²) in [4.78, 5) is 22.0. The van der Waals surface area contributed by atoms with Gasteiger partial charge >= 0.3 is 6.03 Å². The number of nitrogens with zero attached hydrogens (tertiary/aromatic N) is 2. The highest BCUT2D eigenvalue weighted by Crippen LogP contribution is 2.09. The minimum absolute atomic E-state index is 0.314. The Morgan fingerprint density at radius 3 is 2.93 bits per heavy atom. The first kappa shape index (κ1) is 9.20. The normalized spacial score (nSPS) is 10.1. The van der Waals surface area contributed by atoms with E-state index in [1.165, 1.54) is 10.7 Å². The number of hydrogen-bond donors (Lipinski definition) is 2. The maximum atomic E-state index is 11.5. The molecule has 0 spiro atoms. The molecule has 2 rings (SSSR count). The molecule has 0 fully saturated rings. The van der Waals surface area contributed by atoms with E-state index in [-0.39, 0.29) is 0 Å². The predicted molar refractivity (Wildman–Crippen MR) is 52.2 cm³/mol. The van der Waals surface area contributed by atoms with Crippen LogP contribution in [-0.2, 0) is 0 Å². The number of imide groups is 1. The lowest BCUT2D eigenvalue weighted by atomic mass is 10.2. The van der Waals surface area contributed by atoms with E-state index in [0.29, 0.717) is 11.1 Å². The van der Waals surface area contributed by atoms with Gasteiger partial charge in [-0.3, -0.25) is 10.1 Å². The average molecular weight is 204 g/mol. The minimum atomic E-state index is -0.879. The third kappa shape index (κ3) is 1.64. The van der Waals surface area contributed by atoms with Gasteiger partial charge in [0.05, 0.1) is 17.3 Å². The number of nitrogens with two attached hydrogens (primary N) is 1. The third-order valence-corrected chi connectivity index (χ3v) is 1.91. The van der Waals surface area contributed by atoms with Crippen molar-refractivity contribution in [3.8, 4) is 0 Å². The van der Waals surface area contributed by atoms with Gasteiger partial charge in [0.2, 0.25) is 0 Å². The lowest BCUT2D eigenvalue weighted by Crippen LogP contribution is -2.34. The number of urea groups is 1. The van der Waals surface area contributed by atoms with Crippen LogP contribution in [0, 0.1) is 0 Å². The molecule has 0 aromatic carbocycles. The molecule has 6 heteroatoms. The third-order valence-electron chi connectivity index (χ3n) is 1.91. The van der Waals surface area contributed by atoms with Gasteiger partial charge in [-0.1, -0.05) is 6.07 Å². The SMILES string of the molecule is NC(=O)NC(=O)c1cnn2ccccc12. The van der Waals surface area contributed by atoms with Gasteiger partial charge in [-0.25, -0.2) is 9.31 Å². The minimum Gasteiger partial charge on any atom is -0.351 e. The van der Waals surface area contributed by atoms with Crippen LogP contribution in [0.1, 0.15) is 10.4 Å². The van der Waals surface area contributed by atoms with Crippen molar-refractivity contribution in [3.63, 3.8) is 0 Å². The van der Waals surface area contributed by atoms with Crippen molar-refractivity contribution >= 4 is 17.5 Å². The van der Waals surface area contributed by atoms with Crippen molar-refractivity contribution in [3.05, 3.63) is 36.2 Å². The molecule has 15 heavy (non-hydrogen) atoms. The molecule has 0 radical (unpaired) electrons. The number of rotatable bonds is 1. The summed E-state index contributed by atoms with van der Waals surface area (Å²) in [5.41, 5.74) is 5.78. The van der Waals surface area contributed by atoms with E-state index in [9.17, 15) is 9.59 Å². The molecular formula is C9H8N4O2. The molecule has 6 nitrogen and oxygen atoms in total. The van der Waals surface area contributed by atoms with Crippen LogP contribution in [0.15, 0.2) is 30.6 Å². The second-order valence-electron chi connectivity index (χ2n) is 2.91. The van der Waals surface area contributed by atoms with Gasteiger partial charge in [0, 0.05) is 6.20 Å². The van der Waals surface area contributed by atoms with Crippen LogP contribution in [0.4, 0.5) is 4.79 Å². The Bertz CT molecular complexity index is 532. The van der Waals surface area contributed by atoms with Gasteiger partial charge in [0.15, 0.2) is 0 Å². The molecule has 0 aliphatic rings. The highest BCUT2D eigenvalue weighted by Gasteiger charge is 2.13. The first-order valence-corrected chi connectivity index (χ1v) is 4.21. The number of hydrogen-bond acceptors (Lipinski definition) is 3. The maximum absolute atomic E-state index is 11.5. The molecular weight excluding hydrogens is 196 g/mol. The zero-order chi connectivity index (χ0) is 10.8. The van der Waals surface area contributed by atoms with Gasteiger partial charge in [-0.15, -0.1) is 0 Å². The zero-order valence-corrected chi connectivity index (χ0v) is 7.68. The number of fused-ring (bicyclic) bond motifs is 1. The standard InChI is InChI=1S/C9H8N4O2/c10-9(15)12-8(14)6-5-11-13-4-2-1-3-7(6)13/h1-5H,(H3,10,12,14,15). The van der Waals surface area contributed by atoms with E-state index < -0.39 is 11.9 Å². The Morgan fingerprint density at radius 1 is 1.40 bits per heavy atom. The summed E-state index contributed by atoms with van der Waals surface area (Å²) in [6.07, 6.45) is 3.09. The largest absolute Gasteiger partial charge is 0.351 e. The summed E-state index contributed by atoms with van der Waals surface area (Å²) < 4.78 is 1.54. The Labute approximate surface area is 84.7 Å². The summed E-state index contributed by atoms with van der Waals surface area (Å²) in [6.45, 7) is 0. The summed E-state index contributed by atoms with van der Waals surface area (Å²) in [5, 5.41) is 5.93. The van der Waals surface area contributed by atoms with Gasteiger partial charge < -0.3 is 5.73 Å². The van der Waals surface area contributed by atoms with Crippen LogP contribution in [0.2, 0.25) is 0 Å².